The summed E-state index contributed by atoms with van der Waals surface area (Å²) in [5.41, 5.74) is 3.71. The van der Waals surface area contributed by atoms with E-state index in [-0.39, 0.29) is 5.82 Å². The molecule has 19 heavy (non-hydrogen) atoms. The van der Waals surface area contributed by atoms with E-state index >= 15 is 0 Å². The Balaban J connectivity index is 1.76. The molecule has 3 rings (SSSR count). The van der Waals surface area contributed by atoms with E-state index in [4.69, 9.17) is 0 Å². The predicted molar refractivity (Wildman–Crippen MR) is 72.5 cm³/mol. The van der Waals surface area contributed by atoms with E-state index in [0.29, 0.717) is 0 Å². The van der Waals surface area contributed by atoms with E-state index in [1.165, 1.54) is 23.5 Å². The third kappa shape index (κ3) is 2.54. The second kappa shape index (κ2) is 5.13. The Labute approximate surface area is 112 Å². The van der Waals surface area contributed by atoms with Gasteiger partial charge in [0.05, 0.1) is 5.69 Å². The van der Waals surface area contributed by atoms with Crippen molar-refractivity contribution in [2.75, 3.05) is 6.54 Å². The van der Waals surface area contributed by atoms with Crippen LogP contribution in [0.5, 0.6) is 0 Å². The summed E-state index contributed by atoms with van der Waals surface area (Å²) in [7, 11) is 0. The maximum absolute atomic E-state index is 12.9. The van der Waals surface area contributed by atoms with E-state index in [1.807, 2.05) is 12.1 Å². The average molecular weight is 259 g/mol. The average Bonchev–Trinajstić information content (AvgIpc) is 2.74. The Morgan fingerprint density at radius 1 is 1.32 bits per heavy atom. The lowest BCUT2D eigenvalue weighted by Gasteiger charge is -2.15. The second-order valence-corrected chi connectivity index (χ2v) is 5.01. The first-order valence-corrected chi connectivity index (χ1v) is 6.74. The molecular weight excluding hydrogens is 241 g/mol. The van der Waals surface area contributed by atoms with Gasteiger partial charge in [-0.05, 0) is 31.0 Å². The van der Waals surface area contributed by atoms with Crippen molar-refractivity contribution in [1.29, 1.82) is 0 Å². The van der Waals surface area contributed by atoms with Crippen LogP contribution in [-0.2, 0) is 25.9 Å². The number of halogens is 1. The molecule has 1 N–H and O–H groups in total. The van der Waals surface area contributed by atoms with Gasteiger partial charge in [-0.25, -0.2) is 9.37 Å². The summed E-state index contributed by atoms with van der Waals surface area (Å²) in [6.45, 7) is 4.87. The number of aromatic nitrogens is 2. The summed E-state index contributed by atoms with van der Waals surface area (Å²) in [4.78, 5) is 4.62. The molecule has 0 saturated carbocycles. The molecule has 3 nitrogen and oxygen atoms in total. The largest absolute Gasteiger partial charge is 0.332 e. The van der Waals surface area contributed by atoms with Crippen LogP contribution in [0.15, 0.2) is 24.3 Å². The van der Waals surface area contributed by atoms with Crippen molar-refractivity contribution in [2.45, 2.75) is 32.9 Å². The Kier molecular flexibility index (Phi) is 3.34. The number of aryl methyl sites for hydroxylation is 2. The topological polar surface area (TPSA) is 29.9 Å². The van der Waals surface area contributed by atoms with Gasteiger partial charge in [0.1, 0.15) is 11.6 Å². The van der Waals surface area contributed by atoms with Gasteiger partial charge in [0, 0.05) is 31.7 Å². The van der Waals surface area contributed by atoms with Crippen LogP contribution in [0.4, 0.5) is 4.39 Å². The summed E-state index contributed by atoms with van der Waals surface area (Å²) in [5, 5.41) is 3.34. The molecule has 1 aliphatic rings. The number of nitrogens with zero attached hydrogens (tertiary/aromatic N) is 2. The van der Waals surface area contributed by atoms with Gasteiger partial charge in [-0.1, -0.05) is 12.1 Å². The van der Waals surface area contributed by atoms with Gasteiger partial charge in [0.25, 0.3) is 0 Å². The number of hydrogen-bond acceptors (Lipinski definition) is 2. The Bertz CT molecular complexity index is 572. The van der Waals surface area contributed by atoms with E-state index < -0.39 is 0 Å². The Hall–Kier alpha value is -1.68. The summed E-state index contributed by atoms with van der Waals surface area (Å²) in [6.07, 6.45) is 1.96. The fourth-order valence-corrected chi connectivity index (χ4v) is 2.69. The van der Waals surface area contributed by atoms with E-state index in [1.54, 1.807) is 0 Å². The van der Waals surface area contributed by atoms with Crippen LogP contribution in [0.3, 0.4) is 0 Å². The lowest BCUT2D eigenvalue weighted by atomic mass is 10.1. The van der Waals surface area contributed by atoms with Crippen molar-refractivity contribution >= 4 is 0 Å². The number of imidazole rings is 1. The van der Waals surface area contributed by atoms with Crippen LogP contribution in [0, 0.1) is 12.7 Å². The quantitative estimate of drug-likeness (QED) is 0.916. The van der Waals surface area contributed by atoms with Crippen LogP contribution in [0.1, 0.15) is 22.8 Å². The lowest BCUT2D eigenvalue weighted by Crippen LogP contribution is -2.25. The van der Waals surface area contributed by atoms with Gasteiger partial charge in [0.2, 0.25) is 0 Å². The smallest absolute Gasteiger partial charge is 0.123 e. The predicted octanol–water partition coefficient (Wildman–Crippen LogP) is 2.22. The first-order valence-electron chi connectivity index (χ1n) is 6.74. The molecule has 0 unspecified atom stereocenters. The van der Waals surface area contributed by atoms with Crippen molar-refractivity contribution in [1.82, 2.24) is 14.9 Å². The first-order chi connectivity index (χ1) is 9.24. The van der Waals surface area contributed by atoms with Gasteiger partial charge < -0.3 is 9.88 Å². The zero-order chi connectivity index (χ0) is 13.2. The maximum Gasteiger partial charge on any atom is 0.123 e. The van der Waals surface area contributed by atoms with Crippen molar-refractivity contribution in [3.63, 3.8) is 0 Å². The minimum atomic E-state index is -0.175. The minimum Gasteiger partial charge on any atom is -0.332 e. The summed E-state index contributed by atoms with van der Waals surface area (Å²) >= 11 is 0. The van der Waals surface area contributed by atoms with Crippen LogP contribution >= 0.6 is 0 Å². The van der Waals surface area contributed by atoms with Gasteiger partial charge in [-0.15, -0.1) is 0 Å². The normalized spacial score (nSPS) is 14.4. The standard InChI is InChI=1S/C15H18FN3/c1-11-18-14-10-17-8-6-15(14)19(11)9-7-12-2-4-13(16)5-3-12/h2-5,17H,6-10H2,1H3. The molecule has 0 radical (unpaired) electrons. The molecule has 4 heteroatoms. The molecule has 1 aromatic heterocycles. The molecule has 0 aliphatic carbocycles. The SMILES string of the molecule is Cc1nc2c(n1CCc1ccc(F)cc1)CCNC2. The number of hydrogen-bond donors (Lipinski definition) is 1. The molecular formula is C15H18FN3. The second-order valence-electron chi connectivity index (χ2n) is 5.01. The highest BCUT2D eigenvalue weighted by molar-refractivity contribution is 5.21. The van der Waals surface area contributed by atoms with Crippen molar-refractivity contribution in [3.8, 4) is 0 Å². The van der Waals surface area contributed by atoms with Crippen molar-refractivity contribution in [2.24, 2.45) is 0 Å². The number of rotatable bonds is 3. The highest BCUT2D eigenvalue weighted by atomic mass is 19.1. The molecule has 0 atom stereocenters. The molecule has 2 heterocycles. The molecule has 0 spiro atoms. The molecule has 0 fully saturated rings. The van der Waals surface area contributed by atoms with Gasteiger partial charge >= 0.3 is 0 Å². The van der Waals surface area contributed by atoms with Crippen molar-refractivity contribution in [3.05, 3.63) is 52.9 Å². The van der Waals surface area contributed by atoms with Crippen LogP contribution in [-0.4, -0.2) is 16.1 Å². The highest BCUT2D eigenvalue weighted by Crippen LogP contribution is 2.16. The molecule has 1 aromatic carbocycles. The van der Waals surface area contributed by atoms with Crippen LogP contribution < -0.4 is 5.32 Å². The van der Waals surface area contributed by atoms with E-state index in [2.05, 4.69) is 21.8 Å². The van der Waals surface area contributed by atoms with Gasteiger partial charge in [-0.3, -0.25) is 0 Å². The number of nitrogens with one attached hydrogen (secondary N) is 1. The number of benzene rings is 1. The third-order valence-corrected chi connectivity index (χ3v) is 3.71. The minimum absolute atomic E-state index is 0.175. The van der Waals surface area contributed by atoms with Gasteiger partial charge in [0.15, 0.2) is 0 Å². The third-order valence-electron chi connectivity index (χ3n) is 3.71. The number of fused-ring (bicyclic) bond motifs is 1. The maximum atomic E-state index is 12.9. The zero-order valence-corrected chi connectivity index (χ0v) is 11.1. The molecule has 2 aromatic rings. The first kappa shape index (κ1) is 12.4. The Morgan fingerprint density at radius 2 is 2.11 bits per heavy atom. The highest BCUT2D eigenvalue weighted by Gasteiger charge is 2.17. The zero-order valence-electron chi connectivity index (χ0n) is 11.1. The molecule has 0 bridgehead atoms. The van der Waals surface area contributed by atoms with E-state index in [9.17, 15) is 4.39 Å². The van der Waals surface area contributed by atoms with Crippen LogP contribution in [0.25, 0.3) is 0 Å². The summed E-state index contributed by atoms with van der Waals surface area (Å²) < 4.78 is 15.2. The molecule has 1 aliphatic heterocycles. The summed E-state index contributed by atoms with van der Waals surface area (Å²) in [5.74, 6) is 0.904. The Morgan fingerprint density at radius 3 is 2.89 bits per heavy atom. The lowest BCUT2D eigenvalue weighted by molar-refractivity contribution is 0.580. The molecule has 0 saturated heterocycles. The van der Waals surface area contributed by atoms with Crippen molar-refractivity contribution < 1.29 is 4.39 Å². The van der Waals surface area contributed by atoms with Crippen LogP contribution in [0.2, 0.25) is 0 Å². The fourth-order valence-electron chi connectivity index (χ4n) is 2.69. The fraction of sp³-hybridized carbons (Fsp3) is 0.400. The molecule has 100 valence electrons. The molecule has 0 amide bonds. The summed E-state index contributed by atoms with van der Waals surface area (Å²) in [6, 6.07) is 6.76. The van der Waals surface area contributed by atoms with Gasteiger partial charge in [-0.2, -0.15) is 0 Å². The van der Waals surface area contributed by atoms with E-state index in [0.717, 1.165) is 43.9 Å². The monoisotopic (exact) mass is 259 g/mol.